The molecule has 2 aliphatic carbocycles. The van der Waals surface area contributed by atoms with E-state index in [1.54, 1.807) is 0 Å². The van der Waals surface area contributed by atoms with E-state index in [1.165, 1.54) is 32.1 Å². The molecule has 2 bridgehead atoms. The van der Waals surface area contributed by atoms with E-state index in [-0.39, 0.29) is 12.0 Å². The first-order valence-corrected chi connectivity index (χ1v) is 8.46. The van der Waals surface area contributed by atoms with E-state index in [2.05, 4.69) is 19.2 Å². The summed E-state index contributed by atoms with van der Waals surface area (Å²) in [7, 11) is 0. The topological polar surface area (TPSA) is 38.3 Å². The van der Waals surface area contributed by atoms with E-state index in [9.17, 15) is 4.79 Å². The third-order valence-electron chi connectivity index (χ3n) is 5.71. The fourth-order valence-electron chi connectivity index (χ4n) is 5.36. The number of carbonyl (C=O) groups excluding carboxylic acids is 1. The van der Waals surface area contributed by atoms with Crippen molar-refractivity contribution in [3.63, 3.8) is 0 Å². The maximum absolute atomic E-state index is 11.5. The number of amides is 1. The Hall–Kier alpha value is -0.570. The van der Waals surface area contributed by atoms with Crippen LogP contribution in [0.5, 0.6) is 0 Å². The van der Waals surface area contributed by atoms with Gasteiger partial charge in [-0.05, 0) is 68.1 Å². The molecule has 1 heterocycles. The molecule has 3 atom stereocenters. The van der Waals surface area contributed by atoms with Gasteiger partial charge in [-0.3, -0.25) is 4.79 Å². The lowest BCUT2D eigenvalue weighted by Crippen LogP contribution is -2.40. The summed E-state index contributed by atoms with van der Waals surface area (Å²) in [6.07, 6.45) is 8.83. The van der Waals surface area contributed by atoms with Crippen LogP contribution in [0, 0.1) is 23.2 Å². The molecule has 3 fully saturated rings. The third kappa shape index (κ3) is 3.03. The van der Waals surface area contributed by atoms with Crippen molar-refractivity contribution in [1.82, 2.24) is 5.32 Å². The quantitative estimate of drug-likeness (QED) is 0.858. The molecule has 114 valence electrons. The van der Waals surface area contributed by atoms with Gasteiger partial charge in [0.1, 0.15) is 6.10 Å². The van der Waals surface area contributed by atoms with Crippen LogP contribution in [0.4, 0.5) is 0 Å². The highest BCUT2D eigenvalue weighted by atomic mass is 16.5. The zero-order chi connectivity index (χ0) is 14.2. The molecule has 1 N–H and O–H groups in total. The van der Waals surface area contributed by atoms with Crippen molar-refractivity contribution in [1.29, 1.82) is 0 Å². The van der Waals surface area contributed by atoms with E-state index in [0.29, 0.717) is 5.41 Å². The Bertz CT molecular complexity index is 348. The maximum atomic E-state index is 11.5. The van der Waals surface area contributed by atoms with E-state index < -0.39 is 0 Å². The van der Waals surface area contributed by atoms with Crippen LogP contribution in [0.15, 0.2) is 0 Å². The largest absolute Gasteiger partial charge is 0.368 e. The van der Waals surface area contributed by atoms with E-state index in [0.717, 1.165) is 43.7 Å². The molecule has 0 spiro atoms. The first kappa shape index (κ1) is 14.4. The van der Waals surface area contributed by atoms with Crippen molar-refractivity contribution in [3.8, 4) is 0 Å². The maximum Gasteiger partial charge on any atom is 0.249 e. The highest BCUT2D eigenvalue weighted by molar-refractivity contribution is 5.82. The number of nitrogens with one attached hydrogen (secondary N) is 1. The number of ether oxygens (including phenoxy) is 1. The Balaban J connectivity index is 1.55. The number of hydrogen-bond donors (Lipinski definition) is 1. The third-order valence-corrected chi connectivity index (χ3v) is 5.71. The zero-order valence-electron chi connectivity index (χ0n) is 13.0. The molecular weight excluding hydrogens is 250 g/mol. The van der Waals surface area contributed by atoms with Gasteiger partial charge in [0.2, 0.25) is 5.91 Å². The lowest BCUT2D eigenvalue weighted by Gasteiger charge is -2.50. The van der Waals surface area contributed by atoms with Crippen molar-refractivity contribution in [3.05, 3.63) is 0 Å². The fourth-order valence-corrected chi connectivity index (χ4v) is 5.36. The van der Waals surface area contributed by atoms with Gasteiger partial charge in [0.05, 0.1) is 0 Å². The van der Waals surface area contributed by atoms with Crippen LogP contribution in [-0.2, 0) is 9.53 Å². The summed E-state index contributed by atoms with van der Waals surface area (Å²) in [6.45, 7) is 6.39. The van der Waals surface area contributed by atoms with Gasteiger partial charge in [0.15, 0.2) is 0 Å². The summed E-state index contributed by atoms with van der Waals surface area (Å²) in [5.74, 6) is 2.78. The van der Waals surface area contributed by atoms with Gasteiger partial charge in [-0.15, -0.1) is 0 Å². The summed E-state index contributed by atoms with van der Waals surface area (Å²) in [5.41, 5.74) is 0.509. The predicted octanol–water partition coefficient (Wildman–Crippen LogP) is 3.13. The monoisotopic (exact) mass is 279 g/mol. The van der Waals surface area contributed by atoms with Crippen molar-refractivity contribution in [2.24, 2.45) is 23.2 Å². The molecule has 1 aliphatic heterocycles. The highest BCUT2D eigenvalue weighted by Crippen LogP contribution is 2.54. The molecule has 0 aromatic heterocycles. The first-order chi connectivity index (χ1) is 9.56. The standard InChI is InChI=1S/C17H29NO2/c1-12-7-14-8-13(2)10-17(9-12,11-14)4-6-20-15-3-5-18-16(15)19/h12-15H,3-11H2,1-2H3,(H,18,19). The zero-order valence-corrected chi connectivity index (χ0v) is 13.0. The number of carbonyl (C=O) groups is 1. The Morgan fingerprint density at radius 2 is 1.90 bits per heavy atom. The number of hydrogen-bond acceptors (Lipinski definition) is 2. The molecule has 1 amide bonds. The molecule has 3 heteroatoms. The summed E-state index contributed by atoms with van der Waals surface area (Å²) in [4.78, 5) is 11.5. The van der Waals surface area contributed by atoms with Crippen molar-refractivity contribution in [2.75, 3.05) is 13.2 Å². The lowest BCUT2D eigenvalue weighted by atomic mass is 9.56. The van der Waals surface area contributed by atoms with Crippen LogP contribution < -0.4 is 5.32 Å². The van der Waals surface area contributed by atoms with Gasteiger partial charge in [0, 0.05) is 13.2 Å². The Kier molecular flexibility index (Phi) is 4.07. The van der Waals surface area contributed by atoms with Crippen LogP contribution in [0.2, 0.25) is 0 Å². The molecule has 2 saturated carbocycles. The SMILES string of the molecule is CC1CC2CC(C)CC(CCOC3CCNC3=O)(C1)C2. The van der Waals surface area contributed by atoms with Crippen LogP contribution in [0.25, 0.3) is 0 Å². The number of fused-ring (bicyclic) bond motifs is 2. The average molecular weight is 279 g/mol. The molecule has 20 heavy (non-hydrogen) atoms. The van der Waals surface area contributed by atoms with Crippen LogP contribution in [-0.4, -0.2) is 25.2 Å². The Morgan fingerprint density at radius 1 is 1.20 bits per heavy atom. The molecule has 0 aromatic carbocycles. The summed E-state index contributed by atoms with van der Waals surface area (Å²) < 4.78 is 5.86. The molecule has 3 unspecified atom stereocenters. The second-order valence-corrected chi connectivity index (χ2v) is 7.85. The van der Waals surface area contributed by atoms with E-state index in [1.807, 2.05) is 0 Å². The molecular formula is C17H29NO2. The number of rotatable bonds is 4. The van der Waals surface area contributed by atoms with E-state index in [4.69, 9.17) is 4.74 Å². The van der Waals surface area contributed by atoms with Crippen molar-refractivity contribution in [2.45, 2.75) is 64.9 Å². The van der Waals surface area contributed by atoms with Crippen LogP contribution in [0.1, 0.15) is 58.8 Å². The Morgan fingerprint density at radius 3 is 2.50 bits per heavy atom. The van der Waals surface area contributed by atoms with Gasteiger partial charge in [-0.2, -0.15) is 0 Å². The van der Waals surface area contributed by atoms with Gasteiger partial charge < -0.3 is 10.1 Å². The fraction of sp³-hybridized carbons (Fsp3) is 0.941. The van der Waals surface area contributed by atoms with Crippen molar-refractivity contribution >= 4 is 5.91 Å². The first-order valence-electron chi connectivity index (χ1n) is 8.46. The molecule has 3 aliphatic rings. The lowest BCUT2D eigenvalue weighted by molar-refractivity contribution is -0.130. The minimum atomic E-state index is -0.177. The van der Waals surface area contributed by atoms with Gasteiger partial charge in [-0.1, -0.05) is 13.8 Å². The van der Waals surface area contributed by atoms with Gasteiger partial charge in [-0.25, -0.2) is 0 Å². The smallest absolute Gasteiger partial charge is 0.249 e. The normalized spacial score (nSPS) is 44.4. The van der Waals surface area contributed by atoms with Gasteiger partial charge in [0.25, 0.3) is 0 Å². The van der Waals surface area contributed by atoms with Crippen LogP contribution >= 0.6 is 0 Å². The molecule has 3 rings (SSSR count). The van der Waals surface area contributed by atoms with Crippen LogP contribution in [0.3, 0.4) is 0 Å². The second-order valence-electron chi connectivity index (χ2n) is 7.85. The molecule has 3 nitrogen and oxygen atoms in total. The van der Waals surface area contributed by atoms with Crippen molar-refractivity contribution < 1.29 is 9.53 Å². The van der Waals surface area contributed by atoms with Gasteiger partial charge >= 0.3 is 0 Å². The minimum Gasteiger partial charge on any atom is -0.368 e. The predicted molar refractivity (Wildman–Crippen MR) is 79.3 cm³/mol. The summed E-state index contributed by atoms with van der Waals surface area (Å²) in [6, 6.07) is 0. The minimum absolute atomic E-state index is 0.0920. The summed E-state index contributed by atoms with van der Waals surface area (Å²) >= 11 is 0. The average Bonchev–Trinajstić information content (AvgIpc) is 2.73. The summed E-state index contributed by atoms with van der Waals surface area (Å²) in [5, 5.41) is 2.85. The second kappa shape index (κ2) is 5.67. The van der Waals surface area contributed by atoms with E-state index >= 15 is 0 Å². The highest BCUT2D eigenvalue weighted by Gasteiger charge is 2.43. The Labute approximate surface area is 122 Å². The molecule has 1 saturated heterocycles. The molecule has 0 aromatic rings. The molecule has 0 radical (unpaired) electrons.